The first-order valence-corrected chi connectivity index (χ1v) is 11.2. The van der Waals surface area contributed by atoms with Crippen molar-refractivity contribution in [2.45, 2.75) is 45.6 Å². The fourth-order valence-corrected chi connectivity index (χ4v) is 4.25. The molecule has 0 radical (unpaired) electrons. The Morgan fingerprint density at radius 2 is 1.59 bits per heavy atom. The molecule has 4 rings (SSSR count). The molecule has 0 aromatic heterocycles. The number of aryl methyl sites for hydroxylation is 1. The number of amides is 2. The van der Waals surface area contributed by atoms with Gasteiger partial charge in [-0.2, -0.15) is 0 Å². The van der Waals surface area contributed by atoms with Gasteiger partial charge in [0.1, 0.15) is 0 Å². The van der Waals surface area contributed by atoms with Crippen LogP contribution in [0.4, 0.5) is 16.2 Å². The number of hydrogen-bond donors (Lipinski definition) is 1. The molecule has 1 N–H and O–H groups in total. The number of esters is 1. The van der Waals surface area contributed by atoms with E-state index >= 15 is 0 Å². The Labute approximate surface area is 196 Å². The van der Waals surface area contributed by atoms with E-state index in [1.54, 1.807) is 0 Å². The number of carbonyl (C=O) groups excluding carboxylic acids is 2. The summed E-state index contributed by atoms with van der Waals surface area (Å²) in [5.74, 6) is -0.180. The number of ether oxygens (including phenoxy) is 1. The number of nitrogens with one attached hydrogen (secondary N) is 1. The second-order valence-corrected chi connectivity index (χ2v) is 8.49. The van der Waals surface area contributed by atoms with Crippen LogP contribution in [0.25, 0.3) is 0 Å². The lowest BCUT2D eigenvalue weighted by molar-refractivity contribution is -0.147. The van der Waals surface area contributed by atoms with Crippen LogP contribution in [0, 0.1) is 0 Å². The van der Waals surface area contributed by atoms with Gasteiger partial charge >= 0.3 is 12.0 Å². The van der Waals surface area contributed by atoms with E-state index in [-0.39, 0.29) is 30.5 Å². The molecule has 1 fully saturated rings. The third kappa shape index (κ3) is 5.61. The SMILES string of the molecule is CC(C)OC(=O)CCc1ccc(N2CCN(c3ccc4c(c3)CCNCC4)C2=O)cc1.Cl. The molecular formula is C25H32ClN3O3. The second kappa shape index (κ2) is 10.8. The van der Waals surface area contributed by atoms with Crippen LogP contribution in [0.1, 0.15) is 37.0 Å². The monoisotopic (exact) mass is 457 g/mol. The molecule has 7 heteroatoms. The topological polar surface area (TPSA) is 61.9 Å². The average molecular weight is 458 g/mol. The Morgan fingerprint density at radius 1 is 0.969 bits per heavy atom. The average Bonchev–Trinajstić information content (AvgIpc) is 2.98. The molecule has 0 aliphatic carbocycles. The number of anilines is 2. The van der Waals surface area contributed by atoms with E-state index in [9.17, 15) is 9.59 Å². The van der Waals surface area contributed by atoms with Gasteiger partial charge in [0.25, 0.3) is 0 Å². The van der Waals surface area contributed by atoms with Crippen molar-refractivity contribution in [2.24, 2.45) is 0 Å². The summed E-state index contributed by atoms with van der Waals surface area (Å²) >= 11 is 0. The van der Waals surface area contributed by atoms with E-state index in [2.05, 4.69) is 23.5 Å². The minimum absolute atomic E-state index is 0. The van der Waals surface area contributed by atoms with E-state index in [1.807, 2.05) is 47.9 Å². The quantitative estimate of drug-likeness (QED) is 0.662. The van der Waals surface area contributed by atoms with Crippen LogP contribution in [0.2, 0.25) is 0 Å². The van der Waals surface area contributed by atoms with Crippen molar-refractivity contribution < 1.29 is 14.3 Å². The van der Waals surface area contributed by atoms with Crippen molar-refractivity contribution in [3.05, 3.63) is 59.2 Å². The number of urea groups is 1. The van der Waals surface area contributed by atoms with E-state index in [1.165, 1.54) is 11.1 Å². The Bertz CT molecular complexity index is 946. The maximum Gasteiger partial charge on any atom is 0.329 e. The van der Waals surface area contributed by atoms with E-state index in [0.29, 0.717) is 25.9 Å². The second-order valence-electron chi connectivity index (χ2n) is 8.49. The number of halogens is 1. The number of carbonyl (C=O) groups is 2. The Kier molecular flexibility index (Phi) is 8.15. The van der Waals surface area contributed by atoms with Crippen LogP contribution in [0.5, 0.6) is 0 Å². The molecule has 0 bridgehead atoms. The van der Waals surface area contributed by atoms with Gasteiger partial charge < -0.3 is 10.1 Å². The molecule has 0 unspecified atom stereocenters. The summed E-state index contributed by atoms with van der Waals surface area (Å²) in [6.07, 6.45) is 2.95. The normalized spacial score (nSPS) is 15.9. The summed E-state index contributed by atoms with van der Waals surface area (Å²) in [4.78, 5) is 28.6. The number of benzene rings is 2. The van der Waals surface area contributed by atoms with Crippen molar-refractivity contribution in [3.63, 3.8) is 0 Å². The molecule has 2 aromatic rings. The number of hydrogen-bond acceptors (Lipinski definition) is 4. The lowest BCUT2D eigenvalue weighted by Gasteiger charge is -2.20. The highest BCUT2D eigenvalue weighted by Gasteiger charge is 2.31. The third-order valence-electron chi connectivity index (χ3n) is 5.89. The third-order valence-corrected chi connectivity index (χ3v) is 5.89. The number of nitrogens with zero attached hydrogens (tertiary/aromatic N) is 2. The van der Waals surface area contributed by atoms with Crippen LogP contribution >= 0.6 is 12.4 Å². The summed E-state index contributed by atoms with van der Waals surface area (Å²) in [5.41, 5.74) is 5.65. The standard InChI is InChI=1S/C25H31N3O3.ClH/c1-18(2)31-24(29)10-5-19-3-7-22(8-4-19)27-15-16-28(25(27)30)23-9-6-20-11-13-26-14-12-21(20)17-23;/h3-4,6-9,17-18,26H,5,10-16H2,1-2H3;1H. The van der Waals surface area contributed by atoms with Crippen LogP contribution in [0.15, 0.2) is 42.5 Å². The Hall–Kier alpha value is -2.57. The van der Waals surface area contributed by atoms with Gasteiger partial charge in [0, 0.05) is 30.9 Å². The van der Waals surface area contributed by atoms with E-state index < -0.39 is 0 Å². The summed E-state index contributed by atoms with van der Waals surface area (Å²) in [6.45, 7) is 7.05. The molecule has 2 aromatic carbocycles. The first kappa shape index (κ1) is 24.1. The van der Waals surface area contributed by atoms with Crippen molar-refractivity contribution >= 4 is 35.8 Å². The van der Waals surface area contributed by atoms with Gasteiger partial charge in [-0.25, -0.2) is 4.79 Å². The lowest BCUT2D eigenvalue weighted by atomic mass is 10.0. The van der Waals surface area contributed by atoms with E-state index in [4.69, 9.17) is 4.74 Å². The molecule has 2 amide bonds. The van der Waals surface area contributed by atoms with Gasteiger partial charge in [0.05, 0.1) is 6.10 Å². The fraction of sp³-hybridized carbons (Fsp3) is 0.440. The van der Waals surface area contributed by atoms with Crippen molar-refractivity contribution in [2.75, 3.05) is 36.0 Å². The molecule has 0 saturated carbocycles. The minimum atomic E-state index is -0.180. The predicted molar refractivity (Wildman–Crippen MR) is 130 cm³/mol. The Balaban J connectivity index is 0.00000289. The highest BCUT2D eigenvalue weighted by Crippen LogP contribution is 2.28. The summed E-state index contributed by atoms with van der Waals surface area (Å²) in [6, 6.07) is 14.4. The molecule has 0 spiro atoms. The maximum atomic E-state index is 13.1. The molecule has 1 saturated heterocycles. The summed E-state index contributed by atoms with van der Waals surface area (Å²) < 4.78 is 5.19. The highest BCUT2D eigenvalue weighted by atomic mass is 35.5. The first-order valence-electron chi connectivity index (χ1n) is 11.2. The van der Waals surface area contributed by atoms with Gasteiger partial charge in [-0.3, -0.25) is 14.6 Å². The molecule has 32 heavy (non-hydrogen) atoms. The molecule has 2 aliphatic rings. The summed E-state index contributed by atoms with van der Waals surface area (Å²) in [5, 5.41) is 3.43. The molecular weight excluding hydrogens is 426 g/mol. The van der Waals surface area contributed by atoms with Crippen LogP contribution in [-0.2, 0) is 28.8 Å². The highest BCUT2D eigenvalue weighted by molar-refractivity contribution is 6.06. The summed E-state index contributed by atoms with van der Waals surface area (Å²) in [7, 11) is 0. The van der Waals surface area contributed by atoms with Gasteiger partial charge in [0.15, 0.2) is 0 Å². The molecule has 172 valence electrons. The van der Waals surface area contributed by atoms with E-state index in [0.717, 1.165) is 42.9 Å². The lowest BCUT2D eigenvalue weighted by Crippen LogP contribution is -2.31. The van der Waals surface area contributed by atoms with Crippen molar-refractivity contribution in [3.8, 4) is 0 Å². The van der Waals surface area contributed by atoms with Gasteiger partial charge in [-0.1, -0.05) is 18.2 Å². The number of fused-ring (bicyclic) bond motifs is 1. The van der Waals surface area contributed by atoms with Crippen LogP contribution in [0.3, 0.4) is 0 Å². The fourth-order valence-electron chi connectivity index (χ4n) is 4.25. The predicted octanol–water partition coefficient (Wildman–Crippen LogP) is 4.13. The Morgan fingerprint density at radius 3 is 2.28 bits per heavy atom. The first-order chi connectivity index (χ1) is 15.0. The van der Waals surface area contributed by atoms with Crippen molar-refractivity contribution in [1.82, 2.24) is 5.32 Å². The zero-order valence-electron chi connectivity index (χ0n) is 18.8. The van der Waals surface area contributed by atoms with Crippen molar-refractivity contribution in [1.29, 1.82) is 0 Å². The molecule has 0 atom stereocenters. The van der Waals surface area contributed by atoms with Gasteiger partial charge in [-0.15, -0.1) is 12.4 Å². The molecule has 2 aliphatic heterocycles. The van der Waals surface area contributed by atoms with Gasteiger partial charge in [-0.05, 0) is 87.2 Å². The minimum Gasteiger partial charge on any atom is -0.463 e. The zero-order chi connectivity index (χ0) is 21.8. The zero-order valence-corrected chi connectivity index (χ0v) is 19.6. The smallest absolute Gasteiger partial charge is 0.329 e. The van der Waals surface area contributed by atoms with Crippen LogP contribution < -0.4 is 15.1 Å². The molecule has 6 nitrogen and oxygen atoms in total. The largest absolute Gasteiger partial charge is 0.463 e. The molecule has 2 heterocycles. The maximum absolute atomic E-state index is 13.1. The number of rotatable bonds is 6. The van der Waals surface area contributed by atoms with Crippen LogP contribution in [-0.4, -0.2) is 44.3 Å². The van der Waals surface area contributed by atoms with Gasteiger partial charge in [0.2, 0.25) is 0 Å².